The molecule has 0 aliphatic heterocycles. The molecule has 0 radical (unpaired) electrons. The molecule has 2 aromatic carbocycles. The molecule has 2 heterocycles. The average Bonchev–Trinajstić information content (AvgIpc) is 3.21. The summed E-state index contributed by atoms with van der Waals surface area (Å²) >= 11 is 0. The maximum absolute atomic E-state index is 13.0. The highest BCUT2D eigenvalue weighted by atomic mass is 16.5. The molecule has 7 heteroatoms. The molecular formula is C23H21N5O2. The number of hydrogen-bond donors (Lipinski definition) is 2. The van der Waals surface area contributed by atoms with E-state index in [2.05, 4.69) is 20.7 Å². The first-order chi connectivity index (χ1) is 14.7. The highest BCUT2D eigenvalue weighted by molar-refractivity contribution is 6.07. The van der Waals surface area contributed by atoms with E-state index < -0.39 is 0 Å². The van der Waals surface area contributed by atoms with Gasteiger partial charge in [-0.3, -0.25) is 4.79 Å². The first-order valence-corrected chi connectivity index (χ1v) is 9.47. The molecule has 0 spiro atoms. The minimum absolute atomic E-state index is 0.282. The molecule has 30 heavy (non-hydrogen) atoms. The maximum atomic E-state index is 13.0. The molecule has 0 aliphatic rings. The number of rotatable bonds is 7. The number of hydrogen-bond acceptors (Lipinski definition) is 5. The van der Waals surface area contributed by atoms with Crippen molar-refractivity contribution in [2.45, 2.75) is 6.54 Å². The number of aromatic nitrogens is 3. The zero-order chi connectivity index (χ0) is 20.8. The molecule has 150 valence electrons. The van der Waals surface area contributed by atoms with Crippen LogP contribution in [0.2, 0.25) is 0 Å². The van der Waals surface area contributed by atoms with E-state index in [9.17, 15) is 4.79 Å². The van der Waals surface area contributed by atoms with E-state index in [0.29, 0.717) is 29.5 Å². The van der Waals surface area contributed by atoms with Gasteiger partial charge in [-0.05, 0) is 29.8 Å². The number of nitrogens with one attached hydrogen (secondary N) is 2. The molecule has 7 nitrogen and oxygen atoms in total. The molecule has 2 aromatic heterocycles. The van der Waals surface area contributed by atoms with Crippen LogP contribution in [-0.4, -0.2) is 27.8 Å². The summed E-state index contributed by atoms with van der Waals surface area (Å²) in [7, 11) is 1.60. The Balaban J connectivity index is 1.55. The zero-order valence-electron chi connectivity index (χ0n) is 16.4. The van der Waals surface area contributed by atoms with E-state index in [1.165, 1.54) is 0 Å². The van der Waals surface area contributed by atoms with E-state index in [-0.39, 0.29) is 5.91 Å². The van der Waals surface area contributed by atoms with Crippen molar-refractivity contribution in [1.82, 2.24) is 14.8 Å². The minimum atomic E-state index is -0.282. The Labute approximate surface area is 174 Å². The number of benzene rings is 2. The number of carbonyl (C=O) groups excluding carboxylic acids is 1. The predicted octanol–water partition coefficient (Wildman–Crippen LogP) is 4.33. The van der Waals surface area contributed by atoms with Crippen LogP contribution in [0.3, 0.4) is 0 Å². The van der Waals surface area contributed by atoms with Gasteiger partial charge in [-0.2, -0.15) is 5.10 Å². The summed E-state index contributed by atoms with van der Waals surface area (Å²) in [4.78, 5) is 17.4. The molecule has 0 saturated heterocycles. The van der Waals surface area contributed by atoms with Crippen LogP contribution in [0, 0.1) is 0 Å². The highest BCUT2D eigenvalue weighted by Crippen LogP contribution is 2.27. The number of para-hydroxylation sites is 2. The van der Waals surface area contributed by atoms with E-state index >= 15 is 0 Å². The first kappa shape index (κ1) is 19.2. The fourth-order valence-corrected chi connectivity index (χ4v) is 3.07. The van der Waals surface area contributed by atoms with Crippen LogP contribution in [0.4, 0.5) is 17.3 Å². The Morgan fingerprint density at radius 2 is 1.77 bits per heavy atom. The Kier molecular flexibility index (Phi) is 5.70. The van der Waals surface area contributed by atoms with Gasteiger partial charge in [0.25, 0.3) is 5.91 Å². The van der Waals surface area contributed by atoms with Crippen LogP contribution in [0.5, 0.6) is 5.75 Å². The normalized spacial score (nSPS) is 10.4. The van der Waals surface area contributed by atoms with Crippen molar-refractivity contribution in [3.8, 4) is 5.75 Å². The fourth-order valence-electron chi connectivity index (χ4n) is 3.07. The van der Waals surface area contributed by atoms with Crippen LogP contribution in [0.25, 0.3) is 0 Å². The molecule has 0 unspecified atom stereocenters. The number of carbonyl (C=O) groups is 1. The van der Waals surface area contributed by atoms with Gasteiger partial charge in [-0.15, -0.1) is 0 Å². The lowest BCUT2D eigenvalue weighted by atomic mass is 10.2. The van der Waals surface area contributed by atoms with Crippen LogP contribution in [-0.2, 0) is 6.54 Å². The van der Waals surface area contributed by atoms with Gasteiger partial charge in [-0.25, -0.2) is 9.67 Å². The van der Waals surface area contributed by atoms with Gasteiger partial charge in [0.15, 0.2) is 0 Å². The molecule has 0 saturated carbocycles. The van der Waals surface area contributed by atoms with Crippen molar-refractivity contribution in [2.75, 3.05) is 17.7 Å². The van der Waals surface area contributed by atoms with Crippen molar-refractivity contribution >= 4 is 23.2 Å². The molecule has 0 atom stereocenters. The molecule has 0 aliphatic carbocycles. The van der Waals surface area contributed by atoms with Crippen molar-refractivity contribution in [3.05, 3.63) is 96.3 Å². The molecule has 4 aromatic rings. The lowest BCUT2D eigenvalue weighted by Gasteiger charge is -2.14. The SMILES string of the molecule is COc1ccccc1Nc1ncccc1C(=O)Nc1ccnn1Cc1ccccc1. The van der Waals surface area contributed by atoms with Gasteiger partial charge in [-0.1, -0.05) is 42.5 Å². The molecular weight excluding hydrogens is 378 g/mol. The van der Waals surface area contributed by atoms with E-state index in [1.807, 2.05) is 54.6 Å². The average molecular weight is 399 g/mol. The standard InChI is InChI=1S/C23H21N5O2/c1-30-20-12-6-5-11-19(20)26-22-18(10-7-14-24-22)23(29)27-21-13-15-25-28(21)16-17-8-3-2-4-9-17/h2-15H,16H2,1H3,(H,24,26)(H,27,29). The van der Waals surface area contributed by atoms with Gasteiger partial charge in [0, 0.05) is 12.3 Å². The maximum Gasteiger partial charge on any atom is 0.260 e. The van der Waals surface area contributed by atoms with Crippen molar-refractivity contribution in [3.63, 3.8) is 0 Å². The van der Waals surface area contributed by atoms with Gasteiger partial charge < -0.3 is 15.4 Å². The van der Waals surface area contributed by atoms with Gasteiger partial charge in [0.1, 0.15) is 17.4 Å². The third-order valence-corrected chi connectivity index (χ3v) is 4.55. The summed E-state index contributed by atoms with van der Waals surface area (Å²) in [6, 6.07) is 22.6. The molecule has 0 bridgehead atoms. The number of methoxy groups -OCH3 is 1. The summed E-state index contributed by atoms with van der Waals surface area (Å²) in [6.07, 6.45) is 3.30. The van der Waals surface area contributed by atoms with E-state index in [1.54, 1.807) is 42.4 Å². The number of amides is 1. The largest absolute Gasteiger partial charge is 0.495 e. The third-order valence-electron chi connectivity index (χ3n) is 4.55. The van der Waals surface area contributed by atoms with Crippen molar-refractivity contribution in [2.24, 2.45) is 0 Å². The molecule has 4 rings (SSSR count). The van der Waals surface area contributed by atoms with Crippen LogP contribution >= 0.6 is 0 Å². The summed E-state index contributed by atoms with van der Waals surface area (Å²) < 4.78 is 7.12. The molecule has 2 N–H and O–H groups in total. The number of anilines is 3. The van der Waals surface area contributed by atoms with Gasteiger partial charge >= 0.3 is 0 Å². The number of pyridine rings is 1. The van der Waals surface area contributed by atoms with Crippen LogP contribution in [0.15, 0.2) is 85.2 Å². The Hall–Kier alpha value is -4.13. The third kappa shape index (κ3) is 4.30. The smallest absolute Gasteiger partial charge is 0.260 e. The molecule has 0 fully saturated rings. The Morgan fingerprint density at radius 3 is 2.60 bits per heavy atom. The van der Waals surface area contributed by atoms with Crippen molar-refractivity contribution in [1.29, 1.82) is 0 Å². The second kappa shape index (κ2) is 8.91. The van der Waals surface area contributed by atoms with E-state index in [4.69, 9.17) is 4.74 Å². The quantitative estimate of drug-likeness (QED) is 0.483. The van der Waals surface area contributed by atoms with Gasteiger partial charge in [0.05, 0.1) is 31.1 Å². The topological polar surface area (TPSA) is 81.1 Å². The second-order valence-electron chi connectivity index (χ2n) is 6.54. The highest BCUT2D eigenvalue weighted by Gasteiger charge is 2.16. The van der Waals surface area contributed by atoms with Crippen molar-refractivity contribution < 1.29 is 9.53 Å². The number of nitrogens with zero attached hydrogens (tertiary/aromatic N) is 3. The lowest BCUT2D eigenvalue weighted by Crippen LogP contribution is -2.18. The second-order valence-corrected chi connectivity index (χ2v) is 6.54. The Bertz CT molecular complexity index is 1140. The molecule has 1 amide bonds. The minimum Gasteiger partial charge on any atom is -0.495 e. The monoisotopic (exact) mass is 399 g/mol. The Morgan fingerprint density at radius 1 is 0.967 bits per heavy atom. The summed E-state index contributed by atoms with van der Waals surface area (Å²) in [5.74, 6) is 1.43. The van der Waals surface area contributed by atoms with Gasteiger partial charge in [0.2, 0.25) is 0 Å². The van der Waals surface area contributed by atoms with Crippen LogP contribution in [0.1, 0.15) is 15.9 Å². The zero-order valence-corrected chi connectivity index (χ0v) is 16.4. The summed E-state index contributed by atoms with van der Waals surface area (Å²) in [6.45, 7) is 0.558. The summed E-state index contributed by atoms with van der Waals surface area (Å²) in [5, 5.41) is 10.4. The fraction of sp³-hybridized carbons (Fsp3) is 0.0870. The van der Waals surface area contributed by atoms with E-state index in [0.717, 1.165) is 11.3 Å². The lowest BCUT2D eigenvalue weighted by molar-refractivity contribution is 0.102. The first-order valence-electron chi connectivity index (χ1n) is 9.47. The summed E-state index contributed by atoms with van der Waals surface area (Å²) in [5.41, 5.74) is 2.23. The number of ether oxygens (including phenoxy) is 1. The predicted molar refractivity (Wildman–Crippen MR) is 116 cm³/mol. The van der Waals surface area contributed by atoms with Crippen LogP contribution < -0.4 is 15.4 Å².